The Kier molecular flexibility index (Phi) is 3.77. The molecule has 0 nitrogen and oxygen atoms in total. The molecule has 0 saturated heterocycles. The van der Waals surface area contributed by atoms with Crippen molar-refractivity contribution in [3.63, 3.8) is 0 Å². The van der Waals surface area contributed by atoms with Crippen molar-refractivity contribution in [1.82, 2.24) is 0 Å². The highest BCUT2D eigenvalue weighted by atomic mass is 14.0. The number of aryl methyl sites for hydroxylation is 1. The number of rotatable bonds is 3. The van der Waals surface area contributed by atoms with Gasteiger partial charge in [0.1, 0.15) is 0 Å². The molecule has 86 valence electrons. The molecule has 0 heteroatoms. The Bertz CT molecular complexity index is 477. The molecule has 0 bridgehead atoms. The normalized spacial score (nSPS) is 12.8. The van der Waals surface area contributed by atoms with Gasteiger partial charge in [-0.2, -0.15) is 0 Å². The first-order chi connectivity index (χ1) is 8.25. The summed E-state index contributed by atoms with van der Waals surface area (Å²) in [5.74, 6) is 0.454. The van der Waals surface area contributed by atoms with E-state index in [9.17, 15) is 0 Å². The first kappa shape index (κ1) is 11.7. The Morgan fingerprint density at radius 3 is 2.18 bits per heavy atom. The van der Waals surface area contributed by atoms with Gasteiger partial charge in [0.2, 0.25) is 0 Å². The molecule has 2 aromatic carbocycles. The van der Waals surface area contributed by atoms with Crippen LogP contribution < -0.4 is 0 Å². The molecule has 0 aliphatic heterocycles. The zero-order chi connectivity index (χ0) is 12.1. The summed E-state index contributed by atoms with van der Waals surface area (Å²) in [6, 6.07) is 19.2. The summed E-state index contributed by atoms with van der Waals surface area (Å²) in [7, 11) is 0. The Hall–Kier alpha value is -1.82. The van der Waals surface area contributed by atoms with Crippen molar-refractivity contribution in [3.8, 4) is 0 Å². The minimum atomic E-state index is 0.454. The molecular weight excluding hydrogens is 204 g/mol. The zero-order valence-electron chi connectivity index (χ0n) is 10.4. The van der Waals surface area contributed by atoms with Crippen molar-refractivity contribution in [3.05, 3.63) is 77.4 Å². The predicted octanol–water partition coefficient (Wildman–Crippen LogP) is 4.81. The molecule has 1 atom stereocenters. The Morgan fingerprint density at radius 2 is 1.53 bits per heavy atom. The van der Waals surface area contributed by atoms with E-state index in [1.165, 1.54) is 16.7 Å². The van der Waals surface area contributed by atoms with Crippen LogP contribution in [-0.4, -0.2) is 0 Å². The van der Waals surface area contributed by atoms with Gasteiger partial charge in [0.15, 0.2) is 0 Å². The fourth-order valence-corrected chi connectivity index (χ4v) is 1.80. The summed E-state index contributed by atoms with van der Waals surface area (Å²) in [6.07, 6.45) is 4.44. The molecule has 0 fully saturated rings. The van der Waals surface area contributed by atoms with E-state index in [1.807, 2.05) is 6.07 Å². The molecule has 0 spiro atoms. The van der Waals surface area contributed by atoms with Gasteiger partial charge < -0.3 is 0 Å². The summed E-state index contributed by atoms with van der Waals surface area (Å²) in [5, 5.41) is 0. The summed E-state index contributed by atoms with van der Waals surface area (Å²) in [6.45, 7) is 4.35. The van der Waals surface area contributed by atoms with E-state index in [1.54, 1.807) is 0 Å². The molecule has 2 rings (SSSR count). The molecule has 0 aromatic heterocycles. The van der Waals surface area contributed by atoms with Gasteiger partial charge in [0.05, 0.1) is 0 Å². The largest absolute Gasteiger partial charge is 0.0767 e. The van der Waals surface area contributed by atoms with Gasteiger partial charge in [-0.3, -0.25) is 0 Å². The third-order valence-corrected chi connectivity index (χ3v) is 2.98. The van der Waals surface area contributed by atoms with Crippen molar-refractivity contribution < 1.29 is 0 Å². The first-order valence-corrected chi connectivity index (χ1v) is 6.05. The van der Waals surface area contributed by atoms with Gasteiger partial charge in [-0.25, -0.2) is 0 Å². The zero-order valence-corrected chi connectivity index (χ0v) is 10.4. The van der Waals surface area contributed by atoms with E-state index in [0.717, 1.165) is 0 Å². The van der Waals surface area contributed by atoms with Crippen LogP contribution in [0.2, 0.25) is 0 Å². The highest BCUT2D eigenvalue weighted by Crippen LogP contribution is 2.18. The fourth-order valence-electron chi connectivity index (χ4n) is 1.80. The van der Waals surface area contributed by atoms with Crippen molar-refractivity contribution in [1.29, 1.82) is 0 Å². The molecule has 0 aliphatic carbocycles. The summed E-state index contributed by atoms with van der Waals surface area (Å²) in [4.78, 5) is 0. The van der Waals surface area contributed by atoms with Crippen molar-refractivity contribution in [2.24, 2.45) is 0 Å². The minimum Gasteiger partial charge on any atom is -0.0767 e. The Balaban J connectivity index is 2.09. The van der Waals surface area contributed by atoms with E-state index < -0.39 is 0 Å². The lowest BCUT2D eigenvalue weighted by molar-refractivity contribution is 0.971. The molecule has 0 amide bonds. The average Bonchev–Trinajstić information content (AvgIpc) is 2.38. The SMILES string of the molecule is Cc1ccc(C(C)/C=C/c2ccccc2)cc1. The molecular formula is C17H18. The molecule has 1 unspecified atom stereocenters. The number of benzene rings is 2. The molecule has 17 heavy (non-hydrogen) atoms. The molecule has 0 heterocycles. The highest BCUT2D eigenvalue weighted by Gasteiger charge is 1.99. The molecule has 0 radical (unpaired) electrons. The summed E-state index contributed by atoms with van der Waals surface area (Å²) >= 11 is 0. The Labute approximate surface area is 104 Å². The van der Waals surface area contributed by atoms with E-state index in [2.05, 4.69) is 74.5 Å². The van der Waals surface area contributed by atoms with Gasteiger partial charge in [-0.05, 0) is 24.0 Å². The van der Waals surface area contributed by atoms with Crippen LogP contribution in [0.5, 0.6) is 0 Å². The van der Waals surface area contributed by atoms with Crippen LogP contribution in [0, 0.1) is 6.92 Å². The quantitative estimate of drug-likeness (QED) is 0.699. The maximum Gasteiger partial charge on any atom is -0.000710 e. The summed E-state index contributed by atoms with van der Waals surface area (Å²) < 4.78 is 0. The van der Waals surface area contributed by atoms with Crippen LogP contribution in [0.1, 0.15) is 29.5 Å². The van der Waals surface area contributed by atoms with E-state index in [4.69, 9.17) is 0 Å². The standard InChI is InChI=1S/C17H18/c1-14-8-12-17(13-9-14)15(2)10-11-16-6-4-3-5-7-16/h3-13,15H,1-2H3/b11-10+. The second-order valence-electron chi connectivity index (χ2n) is 4.47. The van der Waals surface area contributed by atoms with Gasteiger partial charge in [-0.15, -0.1) is 0 Å². The van der Waals surface area contributed by atoms with Crippen LogP contribution >= 0.6 is 0 Å². The highest BCUT2D eigenvalue weighted by molar-refractivity contribution is 5.50. The van der Waals surface area contributed by atoms with E-state index in [0.29, 0.717) is 5.92 Å². The van der Waals surface area contributed by atoms with Crippen molar-refractivity contribution in [2.75, 3.05) is 0 Å². The first-order valence-electron chi connectivity index (χ1n) is 6.05. The van der Waals surface area contributed by atoms with Crippen LogP contribution in [0.15, 0.2) is 60.7 Å². The smallest absolute Gasteiger partial charge is 0.000710 e. The topological polar surface area (TPSA) is 0 Å². The number of hydrogen-bond donors (Lipinski definition) is 0. The average molecular weight is 222 g/mol. The monoisotopic (exact) mass is 222 g/mol. The van der Waals surface area contributed by atoms with Gasteiger partial charge >= 0.3 is 0 Å². The molecule has 0 aliphatic rings. The lowest BCUT2D eigenvalue weighted by atomic mass is 9.99. The van der Waals surface area contributed by atoms with Gasteiger partial charge in [0.25, 0.3) is 0 Å². The number of allylic oxidation sites excluding steroid dienone is 1. The molecule has 0 N–H and O–H groups in total. The number of hydrogen-bond acceptors (Lipinski definition) is 0. The third kappa shape index (κ3) is 3.32. The maximum absolute atomic E-state index is 2.25. The fraction of sp³-hybridized carbons (Fsp3) is 0.176. The Morgan fingerprint density at radius 1 is 0.882 bits per heavy atom. The summed E-state index contributed by atoms with van der Waals surface area (Å²) in [5.41, 5.74) is 3.93. The lowest BCUT2D eigenvalue weighted by Gasteiger charge is -2.06. The minimum absolute atomic E-state index is 0.454. The van der Waals surface area contributed by atoms with Crippen LogP contribution in [0.3, 0.4) is 0 Å². The van der Waals surface area contributed by atoms with Crippen LogP contribution in [0.25, 0.3) is 6.08 Å². The second kappa shape index (κ2) is 5.49. The van der Waals surface area contributed by atoms with Crippen LogP contribution in [-0.2, 0) is 0 Å². The lowest BCUT2D eigenvalue weighted by Crippen LogP contribution is -1.88. The van der Waals surface area contributed by atoms with Crippen molar-refractivity contribution >= 4 is 6.08 Å². The second-order valence-corrected chi connectivity index (χ2v) is 4.47. The van der Waals surface area contributed by atoms with E-state index in [-0.39, 0.29) is 0 Å². The molecule has 0 saturated carbocycles. The third-order valence-electron chi connectivity index (χ3n) is 2.98. The molecule has 2 aromatic rings. The van der Waals surface area contributed by atoms with Crippen LogP contribution in [0.4, 0.5) is 0 Å². The van der Waals surface area contributed by atoms with Gasteiger partial charge in [0, 0.05) is 0 Å². The predicted molar refractivity (Wildman–Crippen MR) is 75.1 cm³/mol. The van der Waals surface area contributed by atoms with Gasteiger partial charge in [-0.1, -0.05) is 79.2 Å². The van der Waals surface area contributed by atoms with E-state index >= 15 is 0 Å². The maximum atomic E-state index is 2.25. The van der Waals surface area contributed by atoms with Crippen molar-refractivity contribution in [2.45, 2.75) is 19.8 Å².